The lowest BCUT2D eigenvalue weighted by molar-refractivity contribution is 0.187. The quantitative estimate of drug-likeness (QED) is 0.876. The molecule has 0 amide bonds. The van der Waals surface area contributed by atoms with E-state index in [0.717, 1.165) is 13.1 Å². The fourth-order valence-corrected chi connectivity index (χ4v) is 5.36. The Labute approximate surface area is 133 Å². The van der Waals surface area contributed by atoms with E-state index in [-0.39, 0.29) is 6.04 Å². The van der Waals surface area contributed by atoms with Gasteiger partial charge in [-0.25, -0.2) is 0 Å². The van der Waals surface area contributed by atoms with E-state index < -0.39 is 0 Å². The third-order valence-corrected chi connectivity index (χ3v) is 6.72. The maximum absolute atomic E-state index is 6.27. The van der Waals surface area contributed by atoms with Gasteiger partial charge < -0.3 is 5.73 Å². The van der Waals surface area contributed by atoms with Gasteiger partial charge in [-0.3, -0.25) is 4.90 Å². The first-order valence-electron chi connectivity index (χ1n) is 6.78. The summed E-state index contributed by atoms with van der Waals surface area (Å²) in [7, 11) is 0. The van der Waals surface area contributed by atoms with Crippen molar-refractivity contribution >= 4 is 39.0 Å². The molecule has 5 heteroatoms. The lowest BCUT2D eigenvalue weighted by atomic mass is 10.0. The van der Waals surface area contributed by atoms with Crippen LogP contribution in [0.15, 0.2) is 15.9 Å². The van der Waals surface area contributed by atoms with Gasteiger partial charge in [-0.2, -0.15) is 11.8 Å². The smallest absolute Gasteiger partial charge is 0.0702 e. The van der Waals surface area contributed by atoms with Crippen LogP contribution < -0.4 is 5.73 Å². The van der Waals surface area contributed by atoms with Crippen LogP contribution in [0.3, 0.4) is 0 Å². The number of hydrogen-bond donors (Lipinski definition) is 1. The van der Waals surface area contributed by atoms with E-state index in [4.69, 9.17) is 5.73 Å². The molecule has 0 aliphatic carbocycles. The number of thioether (sulfide) groups is 1. The van der Waals surface area contributed by atoms with E-state index in [9.17, 15) is 0 Å². The molecule has 0 saturated carbocycles. The number of nitrogens with two attached hydrogens (primary N) is 1. The van der Waals surface area contributed by atoms with Gasteiger partial charge in [0.15, 0.2) is 0 Å². The third kappa shape index (κ3) is 4.21. The van der Waals surface area contributed by atoms with Crippen LogP contribution in [0.4, 0.5) is 0 Å². The van der Waals surface area contributed by atoms with Gasteiger partial charge in [0.05, 0.1) is 9.83 Å². The Morgan fingerprint density at radius 2 is 2.11 bits per heavy atom. The molecule has 19 heavy (non-hydrogen) atoms. The highest BCUT2D eigenvalue weighted by atomic mass is 79.9. The number of halogens is 1. The van der Waals surface area contributed by atoms with Crippen LogP contribution >= 0.6 is 39.0 Å². The van der Waals surface area contributed by atoms with Crippen molar-refractivity contribution < 1.29 is 0 Å². The Morgan fingerprint density at radius 1 is 1.37 bits per heavy atom. The zero-order valence-electron chi connectivity index (χ0n) is 11.9. The summed E-state index contributed by atoms with van der Waals surface area (Å²) in [5.74, 6) is 1.20. The van der Waals surface area contributed by atoms with Gasteiger partial charge in [0.25, 0.3) is 0 Å². The average molecular weight is 363 g/mol. The van der Waals surface area contributed by atoms with Crippen LogP contribution in [0.5, 0.6) is 0 Å². The van der Waals surface area contributed by atoms with Crippen LogP contribution in [0, 0.1) is 0 Å². The van der Waals surface area contributed by atoms with Crippen molar-refractivity contribution in [1.82, 2.24) is 4.90 Å². The van der Waals surface area contributed by atoms with Crippen LogP contribution in [0.1, 0.15) is 38.1 Å². The highest BCUT2D eigenvalue weighted by Crippen LogP contribution is 2.37. The highest BCUT2D eigenvalue weighted by Gasteiger charge is 2.30. The Morgan fingerprint density at radius 3 is 2.68 bits per heavy atom. The van der Waals surface area contributed by atoms with Gasteiger partial charge in [-0.15, -0.1) is 11.3 Å². The fraction of sp³-hybridized carbons (Fsp3) is 0.714. The summed E-state index contributed by atoms with van der Waals surface area (Å²) in [4.78, 5) is 3.96. The van der Waals surface area contributed by atoms with Crippen LogP contribution in [0.25, 0.3) is 0 Å². The van der Waals surface area contributed by atoms with Gasteiger partial charge in [0.2, 0.25) is 0 Å². The molecule has 1 aliphatic rings. The molecule has 2 unspecified atom stereocenters. The normalized spacial score (nSPS) is 23.8. The van der Waals surface area contributed by atoms with Crippen molar-refractivity contribution in [1.29, 1.82) is 0 Å². The van der Waals surface area contributed by atoms with Gasteiger partial charge in [0.1, 0.15) is 0 Å². The first-order valence-corrected chi connectivity index (χ1v) is 9.37. The van der Waals surface area contributed by atoms with Crippen molar-refractivity contribution in [3.63, 3.8) is 0 Å². The van der Waals surface area contributed by atoms with Crippen LogP contribution in [0.2, 0.25) is 0 Å². The summed E-state index contributed by atoms with van der Waals surface area (Å²) < 4.78 is 1.59. The van der Waals surface area contributed by atoms with Gasteiger partial charge in [0, 0.05) is 34.5 Å². The van der Waals surface area contributed by atoms with Crippen molar-refractivity contribution in [3.05, 3.63) is 20.8 Å². The lowest BCUT2D eigenvalue weighted by Gasteiger charge is -2.33. The lowest BCUT2D eigenvalue weighted by Crippen LogP contribution is -2.40. The molecule has 1 fully saturated rings. The molecule has 0 bridgehead atoms. The average Bonchev–Trinajstić information content (AvgIpc) is 2.63. The van der Waals surface area contributed by atoms with Crippen LogP contribution in [-0.4, -0.2) is 34.5 Å². The fourth-order valence-electron chi connectivity index (χ4n) is 2.57. The molecule has 2 nitrogen and oxygen atoms in total. The Kier molecular flexibility index (Phi) is 5.40. The second-order valence-corrected chi connectivity index (χ2v) is 10.1. The van der Waals surface area contributed by atoms with Crippen molar-refractivity contribution in [2.45, 2.75) is 44.0 Å². The first-order chi connectivity index (χ1) is 8.89. The highest BCUT2D eigenvalue weighted by molar-refractivity contribution is 9.11. The molecular weight excluding hydrogens is 340 g/mol. The summed E-state index contributed by atoms with van der Waals surface area (Å²) in [6, 6.07) is 4.86. The molecule has 1 saturated heterocycles. The zero-order valence-corrected chi connectivity index (χ0v) is 15.1. The number of rotatable bonds is 3. The molecule has 1 aliphatic heterocycles. The maximum atomic E-state index is 6.27. The third-order valence-electron chi connectivity index (χ3n) is 3.65. The van der Waals surface area contributed by atoms with Gasteiger partial charge in [-0.05, 0) is 41.4 Å². The number of hydrogen-bond acceptors (Lipinski definition) is 4. The first kappa shape index (κ1) is 15.8. The van der Waals surface area contributed by atoms with Crippen LogP contribution in [-0.2, 0) is 0 Å². The second kappa shape index (κ2) is 6.48. The monoisotopic (exact) mass is 362 g/mol. The maximum Gasteiger partial charge on any atom is 0.0702 e. The molecule has 2 atom stereocenters. The van der Waals surface area contributed by atoms with E-state index in [2.05, 4.69) is 65.5 Å². The SMILES string of the molecule is CC(N)C(c1ccc(Br)s1)N1CCSC(C)(C)CC1. The van der Waals surface area contributed by atoms with E-state index in [1.165, 1.54) is 20.8 Å². The van der Waals surface area contributed by atoms with Crippen molar-refractivity contribution in [2.24, 2.45) is 5.73 Å². The molecule has 2 N–H and O–H groups in total. The summed E-state index contributed by atoms with van der Waals surface area (Å²) >= 11 is 7.46. The zero-order chi connectivity index (χ0) is 14.0. The molecule has 0 radical (unpaired) electrons. The molecule has 0 spiro atoms. The van der Waals surface area contributed by atoms with E-state index in [1.807, 2.05) is 11.3 Å². The minimum atomic E-state index is 0.164. The number of nitrogens with zero attached hydrogens (tertiary/aromatic N) is 1. The standard InChI is InChI=1S/C14H23BrN2S2/c1-10(16)13(11-4-5-12(15)19-11)17-7-6-14(2,3)18-9-8-17/h4-5,10,13H,6-9,16H2,1-3H3. The summed E-state index contributed by atoms with van der Waals surface area (Å²) in [6.07, 6.45) is 1.23. The predicted octanol–water partition coefficient (Wildman–Crippen LogP) is 4.12. The molecular formula is C14H23BrN2S2. The minimum absolute atomic E-state index is 0.164. The Balaban J connectivity index is 2.15. The van der Waals surface area contributed by atoms with Crippen molar-refractivity contribution in [3.8, 4) is 0 Å². The molecule has 1 aromatic rings. The second-order valence-electron chi connectivity index (χ2n) is 5.84. The van der Waals surface area contributed by atoms with Gasteiger partial charge >= 0.3 is 0 Å². The molecule has 0 aromatic carbocycles. The van der Waals surface area contributed by atoms with Crippen molar-refractivity contribution in [2.75, 3.05) is 18.8 Å². The molecule has 108 valence electrons. The number of thiophene rings is 1. The minimum Gasteiger partial charge on any atom is -0.326 e. The topological polar surface area (TPSA) is 29.3 Å². The van der Waals surface area contributed by atoms with E-state index >= 15 is 0 Å². The summed E-state index contributed by atoms with van der Waals surface area (Å²) in [5, 5.41) is 0. The Bertz CT molecular complexity index is 417. The molecule has 2 heterocycles. The van der Waals surface area contributed by atoms with E-state index in [0.29, 0.717) is 10.8 Å². The predicted molar refractivity (Wildman–Crippen MR) is 91.1 cm³/mol. The Hall–Kier alpha value is 0.450. The summed E-state index contributed by atoms with van der Waals surface area (Å²) in [6.45, 7) is 9.10. The van der Waals surface area contributed by atoms with Gasteiger partial charge in [-0.1, -0.05) is 13.8 Å². The van der Waals surface area contributed by atoms with E-state index in [1.54, 1.807) is 0 Å². The molecule has 1 aromatic heterocycles. The summed E-state index contributed by atoms with van der Waals surface area (Å²) in [5.41, 5.74) is 6.27. The molecule has 2 rings (SSSR count). The largest absolute Gasteiger partial charge is 0.326 e.